The third-order valence-electron chi connectivity index (χ3n) is 9.54. The van der Waals surface area contributed by atoms with Crippen molar-refractivity contribution in [3.8, 4) is 40.0 Å². The number of benzene rings is 7. The van der Waals surface area contributed by atoms with Gasteiger partial charge in [0.25, 0.3) is 0 Å². The van der Waals surface area contributed by atoms with Crippen LogP contribution >= 0.6 is 0 Å². The van der Waals surface area contributed by atoms with Crippen LogP contribution in [0.1, 0.15) is 5.56 Å². The molecule has 9 rings (SSSR count). The zero-order valence-electron chi connectivity index (χ0n) is 27.1. The van der Waals surface area contributed by atoms with Gasteiger partial charge in [-0.1, -0.05) is 152 Å². The fourth-order valence-corrected chi connectivity index (χ4v) is 7.15. The molecule has 0 aliphatic rings. The molecule has 0 spiro atoms. The second-order valence-electron chi connectivity index (χ2n) is 12.5. The maximum atomic E-state index is 9.41. The first-order chi connectivity index (χ1) is 24.7. The van der Waals surface area contributed by atoms with Crippen molar-refractivity contribution in [1.29, 1.82) is 5.26 Å². The Morgan fingerprint density at radius 2 is 0.680 bits per heavy atom. The first-order valence-corrected chi connectivity index (χ1v) is 16.7. The zero-order valence-corrected chi connectivity index (χ0v) is 27.1. The molecular formula is C47H29N3. The smallest absolute Gasteiger partial charge is 0.160 e. The summed E-state index contributed by atoms with van der Waals surface area (Å²) in [5, 5.41) is 21.2. The van der Waals surface area contributed by atoms with Crippen LogP contribution in [0.25, 0.3) is 87.8 Å². The maximum absolute atomic E-state index is 9.41. The lowest BCUT2D eigenvalue weighted by Crippen LogP contribution is -1.96. The summed E-state index contributed by atoms with van der Waals surface area (Å²) in [6, 6.07) is 63.6. The third-order valence-corrected chi connectivity index (χ3v) is 9.54. The summed E-state index contributed by atoms with van der Waals surface area (Å²) in [5.41, 5.74) is 5.12. The van der Waals surface area contributed by atoms with Crippen LogP contribution in [0.3, 0.4) is 0 Å². The molecule has 0 fully saturated rings. The van der Waals surface area contributed by atoms with Crippen molar-refractivity contribution < 1.29 is 0 Å². The van der Waals surface area contributed by atoms with Gasteiger partial charge >= 0.3 is 0 Å². The molecular weight excluding hydrogens is 607 g/mol. The Labute approximate surface area is 289 Å². The Morgan fingerprint density at radius 3 is 1.12 bits per heavy atom. The Hall–Kier alpha value is -6.89. The molecule has 3 heteroatoms. The Kier molecular flexibility index (Phi) is 7.19. The number of hydrogen-bond donors (Lipinski definition) is 0. The van der Waals surface area contributed by atoms with Gasteiger partial charge in [-0.2, -0.15) is 5.26 Å². The van der Waals surface area contributed by atoms with E-state index < -0.39 is 0 Å². The maximum Gasteiger partial charge on any atom is 0.160 e. The molecule has 0 N–H and O–H groups in total. The standard InChI is InChI=1S/C47H29N3/c48-30-31-22-24-33(25-23-31)46-29-45(32-12-2-1-3-13-32)49-47(50-46)34-26-27-43-41-20-9-8-18-39(41)37-16-5-4-14-35(37)36-15-6-7-17-38(36)40-19-10-11-21-42(40)44(43)28-34/h1-29H. The summed E-state index contributed by atoms with van der Waals surface area (Å²) < 4.78 is 0. The minimum atomic E-state index is 0.614. The van der Waals surface area contributed by atoms with Crippen molar-refractivity contribution in [3.05, 3.63) is 181 Å². The van der Waals surface area contributed by atoms with E-state index >= 15 is 0 Å². The molecule has 0 radical (unpaired) electrons. The molecule has 8 aromatic carbocycles. The highest BCUT2D eigenvalue weighted by molar-refractivity contribution is 6.26. The molecule has 50 heavy (non-hydrogen) atoms. The van der Waals surface area contributed by atoms with Crippen molar-refractivity contribution in [2.75, 3.05) is 0 Å². The Balaban J connectivity index is 1.42. The highest BCUT2D eigenvalue weighted by Gasteiger charge is 2.14. The molecule has 0 saturated carbocycles. The van der Waals surface area contributed by atoms with Crippen molar-refractivity contribution in [3.63, 3.8) is 0 Å². The van der Waals surface area contributed by atoms with Crippen LogP contribution in [0.15, 0.2) is 176 Å². The quantitative estimate of drug-likeness (QED) is 0.194. The average molecular weight is 636 g/mol. The van der Waals surface area contributed by atoms with Gasteiger partial charge in [-0.15, -0.1) is 0 Å². The predicted molar refractivity (Wildman–Crippen MR) is 208 cm³/mol. The van der Waals surface area contributed by atoms with Crippen LogP contribution in [0.5, 0.6) is 0 Å². The van der Waals surface area contributed by atoms with E-state index in [9.17, 15) is 5.26 Å². The highest BCUT2D eigenvalue weighted by Crippen LogP contribution is 2.37. The predicted octanol–water partition coefficient (Wildman–Crippen LogP) is 12.2. The van der Waals surface area contributed by atoms with Gasteiger partial charge in [-0.05, 0) is 78.1 Å². The topological polar surface area (TPSA) is 49.6 Å². The molecule has 0 amide bonds. The van der Waals surface area contributed by atoms with Gasteiger partial charge in [-0.25, -0.2) is 9.97 Å². The fraction of sp³-hybridized carbons (Fsp3) is 0. The van der Waals surface area contributed by atoms with Crippen molar-refractivity contribution >= 4 is 53.9 Å². The number of aromatic nitrogens is 2. The van der Waals surface area contributed by atoms with Crippen LogP contribution in [0.2, 0.25) is 0 Å². The lowest BCUT2D eigenvalue weighted by atomic mass is 9.93. The Morgan fingerprint density at radius 1 is 0.320 bits per heavy atom. The molecule has 3 nitrogen and oxygen atoms in total. The summed E-state index contributed by atoms with van der Waals surface area (Å²) in [4.78, 5) is 10.3. The van der Waals surface area contributed by atoms with Crippen LogP contribution < -0.4 is 0 Å². The SMILES string of the molecule is N#Cc1ccc(-c2cc(-c3ccccc3)nc(-c3ccc4c5ccccc5c5ccccc5c5ccccc5c5ccccc5c4c3)n2)cc1. The van der Waals surface area contributed by atoms with Crippen molar-refractivity contribution in [1.82, 2.24) is 9.97 Å². The molecule has 0 unspecified atom stereocenters. The van der Waals surface area contributed by atoms with E-state index in [1.807, 2.05) is 48.5 Å². The third kappa shape index (κ3) is 5.08. The van der Waals surface area contributed by atoms with E-state index in [1.54, 1.807) is 0 Å². The number of rotatable bonds is 3. The lowest BCUT2D eigenvalue weighted by Gasteiger charge is -2.12. The molecule has 0 aliphatic carbocycles. The zero-order chi connectivity index (χ0) is 33.4. The number of fused-ring (bicyclic) bond motifs is 10. The van der Waals surface area contributed by atoms with Gasteiger partial charge in [0.05, 0.1) is 23.0 Å². The minimum absolute atomic E-state index is 0.614. The molecule has 232 valence electrons. The van der Waals surface area contributed by atoms with Crippen LogP contribution in [-0.2, 0) is 0 Å². The van der Waals surface area contributed by atoms with Gasteiger partial charge in [0.2, 0.25) is 0 Å². The van der Waals surface area contributed by atoms with Gasteiger partial charge in [0.15, 0.2) is 5.82 Å². The molecule has 0 saturated heterocycles. The van der Waals surface area contributed by atoms with E-state index in [-0.39, 0.29) is 0 Å². The number of nitriles is 1. The van der Waals surface area contributed by atoms with Crippen LogP contribution in [-0.4, -0.2) is 9.97 Å². The van der Waals surface area contributed by atoms with Crippen molar-refractivity contribution in [2.45, 2.75) is 0 Å². The van der Waals surface area contributed by atoms with E-state index in [0.717, 1.165) is 44.2 Å². The summed E-state index contributed by atoms with van der Waals surface area (Å²) in [7, 11) is 0. The molecule has 1 heterocycles. The van der Waals surface area contributed by atoms with Gasteiger partial charge in [-0.3, -0.25) is 0 Å². The monoisotopic (exact) mass is 635 g/mol. The summed E-state index contributed by atoms with van der Waals surface area (Å²) in [5.74, 6) is 0.641. The second-order valence-corrected chi connectivity index (χ2v) is 12.5. The number of nitrogens with zero attached hydrogens (tertiary/aromatic N) is 3. The normalized spacial score (nSPS) is 11.2. The first-order valence-electron chi connectivity index (χ1n) is 16.7. The lowest BCUT2D eigenvalue weighted by molar-refractivity contribution is 1.18. The van der Waals surface area contributed by atoms with Gasteiger partial charge in [0, 0.05) is 16.7 Å². The van der Waals surface area contributed by atoms with Gasteiger partial charge in [0.1, 0.15) is 0 Å². The second kappa shape index (κ2) is 12.3. The van der Waals surface area contributed by atoms with E-state index in [2.05, 4.69) is 133 Å². The van der Waals surface area contributed by atoms with Crippen LogP contribution in [0.4, 0.5) is 0 Å². The first kappa shape index (κ1) is 29.3. The minimum Gasteiger partial charge on any atom is -0.228 e. The molecule has 0 atom stereocenters. The van der Waals surface area contributed by atoms with E-state index in [1.165, 1.54) is 37.7 Å². The Bertz CT molecular complexity index is 2790. The number of hydrogen-bond acceptors (Lipinski definition) is 3. The van der Waals surface area contributed by atoms with E-state index in [0.29, 0.717) is 11.4 Å². The van der Waals surface area contributed by atoms with Crippen LogP contribution in [0, 0.1) is 11.3 Å². The molecule has 0 aliphatic heterocycles. The van der Waals surface area contributed by atoms with Gasteiger partial charge < -0.3 is 0 Å². The average Bonchev–Trinajstić information content (AvgIpc) is 3.20. The van der Waals surface area contributed by atoms with Crippen molar-refractivity contribution in [2.24, 2.45) is 0 Å². The fourth-order valence-electron chi connectivity index (χ4n) is 7.15. The van der Waals surface area contributed by atoms with E-state index in [4.69, 9.17) is 9.97 Å². The highest BCUT2D eigenvalue weighted by atomic mass is 14.9. The summed E-state index contributed by atoms with van der Waals surface area (Å²) in [6.45, 7) is 0. The molecule has 9 aromatic rings. The molecule has 1 aromatic heterocycles. The summed E-state index contributed by atoms with van der Waals surface area (Å²) in [6.07, 6.45) is 0. The largest absolute Gasteiger partial charge is 0.228 e. The molecule has 0 bridgehead atoms. The summed E-state index contributed by atoms with van der Waals surface area (Å²) >= 11 is 0.